The molecule has 4 rings (SSSR count). The van der Waals surface area contributed by atoms with Gasteiger partial charge in [0, 0.05) is 5.39 Å². The first kappa shape index (κ1) is 19.4. The minimum Gasteiger partial charge on any atom is -0.493 e. The zero-order valence-electron chi connectivity index (χ0n) is 16.8. The van der Waals surface area contributed by atoms with Gasteiger partial charge >= 0.3 is 5.63 Å². The molecule has 1 N–H and O–H groups in total. The molecule has 0 saturated carbocycles. The highest BCUT2D eigenvalue weighted by Gasteiger charge is 2.14. The number of hydrogen-bond donors (Lipinski definition) is 1. The molecular weight excluding hydrogens is 384 g/mol. The quantitative estimate of drug-likeness (QED) is 0.401. The third-order valence-electron chi connectivity index (χ3n) is 4.85. The summed E-state index contributed by atoms with van der Waals surface area (Å²) in [4.78, 5) is 29.5. The van der Waals surface area contributed by atoms with E-state index in [2.05, 4.69) is 10.3 Å². The molecule has 1 amide bonds. The molecule has 2 aromatic heterocycles. The number of fused-ring (bicyclic) bond motifs is 3. The zero-order valence-corrected chi connectivity index (χ0v) is 16.8. The van der Waals surface area contributed by atoms with Gasteiger partial charge in [0.1, 0.15) is 11.4 Å². The van der Waals surface area contributed by atoms with E-state index in [4.69, 9.17) is 13.9 Å². The summed E-state index contributed by atoms with van der Waals surface area (Å²) < 4.78 is 15.9. The van der Waals surface area contributed by atoms with Crippen molar-refractivity contribution in [2.45, 2.75) is 13.3 Å². The predicted octanol–water partition coefficient (Wildman–Crippen LogP) is 3.85. The number of ether oxygens (including phenoxy) is 2. The second-order valence-electron chi connectivity index (χ2n) is 6.85. The standard InChI is InChI=1S/C23H20N2O5/c1-13-10-19(24-20(26)12-14-8-9-17(28-2)18(11-14)29-3)25-22-15-6-4-5-7-16(15)30-23(27)21(13)22/h4-11H,12H2,1-3H3,(H,24,25,26). The molecule has 152 valence electrons. The smallest absolute Gasteiger partial charge is 0.346 e. The number of nitrogens with one attached hydrogen (secondary N) is 1. The first-order valence-electron chi connectivity index (χ1n) is 9.34. The number of aryl methyl sites for hydroxylation is 1. The van der Waals surface area contributed by atoms with Crippen molar-refractivity contribution >= 4 is 33.6 Å². The van der Waals surface area contributed by atoms with Gasteiger partial charge in [0.2, 0.25) is 5.91 Å². The number of methoxy groups -OCH3 is 2. The molecule has 0 bridgehead atoms. The number of benzene rings is 2. The highest BCUT2D eigenvalue weighted by Crippen LogP contribution is 2.28. The minimum atomic E-state index is -0.447. The highest BCUT2D eigenvalue weighted by molar-refractivity contribution is 6.04. The van der Waals surface area contributed by atoms with Gasteiger partial charge in [-0.1, -0.05) is 18.2 Å². The van der Waals surface area contributed by atoms with Crippen LogP contribution in [-0.2, 0) is 11.2 Å². The lowest BCUT2D eigenvalue weighted by molar-refractivity contribution is -0.115. The van der Waals surface area contributed by atoms with Crippen molar-refractivity contribution in [2.75, 3.05) is 19.5 Å². The Morgan fingerprint density at radius 3 is 2.60 bits per heavy atom. The number of para-hydroxylation sites is 1. The lowest BCUT2D eigenvalue weighted by Gasteiger charge is -2.11. The van der Waals surface area contributed by atoms with Gasteiger partial charge in [0.05, 0.1) is 31.5 Å². The van der Waals surface area contributed by atoms with Gasteiger partial charge in [0.25, 0.3) is 0 Å². The van der Waals surface area contributed by atoms with Gasteiger partial charge in [-0.15, -0.1) is 0 Å². The minimum absolute atomic E-state index is 0.136. The molecule has 0 aliphatic rings. The van der Waals surface area contributed by atoms with E-state index in [9.17, 15) is 9.59 Å². The molecule has 0 spiro atoms. The maximum atomic E-state index is 12.6. The molecule has 0 unspecified atom stereocenters. The summed E-state index contributed by atoms with van der Waals surface area (Å²) >= 11 is 0. The topological polar surface area (TPSA) is 90.7 Å². The summed E-state index contributed by atoms with van der Waals surface area (Å²) in [7, 11) is 3.10. The average molecular weight is 404 g/mol. The molecule has 0 saturated heterocycles. The second kappa shape index (κ2) is 7.87. The number of aromatic nitrogens is 1. The number of anilines is 1. The Kier molecular flexibility index (Phi) is 5.10. The molecule has 0 fully saturated rings. The van der Waals surface area contributed by atoms with Crippen molar-refractivity contribution < 1.29 is 18.7 Å². The maximum Gasteiger partial charge on any atom is 0.346 e. The van der Waals surface area contributed by atoms with Gasteiger partial charge in [-0.05, 0) is 48.4 Å². The maximum absolute atomic E-state index is 12.6. The van der Waals surface area contributed by atoms with Crippen molar-refractivity contribution in [1.82, 2.24) is 4.98 Å². The van der Waals surface area contributed by atoms with E-state index in [1.807, 2.05) is 12.1 Å². The monoisotopic (exact) mass is 404 g/mol. The van der Waals surface area contributed by atoms with Crippen LogP contribution in [0.15, 0.2) is 57.7 Å². The Morgan fingerprint density at radius 2 is 1.83 bits per heavy atom. The summed E-state index contributed by atoms with van der Waals surface area (Å²) in [5.41, 5.74) is 1.96. The fraction of sp³-hybridized carbons (Fsp3) is 0.174. The lowest BCUT2D eigenvalue weighted by atomic mass is 10.1. The number of carbonyl (C=O) groups is 1. The van der Waals surface area contributed by atoms with E-state index < -0.39 is 5.63 Å². The summed E-state index contributed by atoms with van der Waals surface area (Å²) in [6.45, 7) is 1.79. The SMILES string of the molecule is COc1ccc(CC(=O)Nc2cc(C)c3c(=O)oc4ccccc4c3n2)cc1OC. The largest absolute Gasteiger partial charge is 0.493 e. The van der Waals surface area contributed by atoms with E-state index >= 15 is 0 Å². The molecule has 7 nitrogen and oxygen atoms in total. The van der Waals surface area contributed by atoms with Gasteiger partial charge < -0.3 is 19.2 Å². The van der Waals surface area contributed by atoms with Crippen molar-refractivity contribution in [3.8, 4) is 11.5 Å². The Balaban J connectivity index is 1.66. The number of hydrogen-bond acceptors (Lipinski definition) is 6. The number of pyridine rings is 1. The number of nitrogens with zero attached hydrogens (tertiary/aromatic N) is 1. The van der Waals surface area contributed by atoms with E-state index in [1.165, 1.54) is 0 Å². The normalized spacial score (nSPS) is 10.9. The third kappa shape index (κ3) is 3.57. The Morgan fingerprint density at radius 1 is 1.07 bits per heavy atom. The van der Waals surface area contributed by atoms with Crippen LogP contribution in [0, 0.1) is 6.92 Å². The van der Waals surface area contributed by atoms with Crippen molar-refractivity contribution in [3.05, 3.63) is 70.1 Å². The van der Waals surface area contributed by atoms with Crippen LogP contribution in [0.5, 0.6) is 11.5 Å². The second-order valence-corrected chi connectivity index (χ2v) is 6.85. The average Bonchev–Trinajstić information content (AvgIpc) is 2.73. The fourth-order valence-corrected chi connectivity index (χ4v) is 3.45. The zero-order chi connectivity index (χ0) is 21.3. The first-order valence-corrected chi connectivity index (χ1v) is 9.34. The Labute approximate surface area is 172 Å². The van der Waals surface area contributed by atoms with Crippen molar-refractivity contribution in [3.63, 3.8) is 0 Å². The van der Waals surface area contributed by atoms with Gasteiger partial charge in [-0.3, -0.25) is 4.79 Å². The van der Waals surface area contributed by atoms with Crippen LogP contribution in [0.1, 0.15) is 11.1 Å². The highest BCUT2D eigenvalue weighted by atomic mass is 16.5. The summed E-state index contributed by atoms with van der Waals surface area (Å²) in [6.07, 6.45) is 0.136. The van der Waals surface area contributed by atoms with Crippen molar-refractivity contribution in [2.24, 2.45) is 0 Å². The first-order chi connectivity index (χ1) is 14.5. The molecule has 2 heterocycles. The van der Waals surface area contributed by atoms with Crippen LogP contribution in [0.2, 0.25) is 0 Å². The molecule has 0 atom stereocenters. The fourth-order valence-electron chi connectivity index (χ4n) is 3.45. The molecule has 0 radical (unpaired) electrons. The molecule has 4 aromatic rings. The van der Waals surface area contributed by atoms with Gasteiger partial charge in [-0.2, -0.15) is 0 Å². The van der Waals surface area contributed by atoms with Crippen LogP contribution in [-0.4, -0.2) is 25.1 Å². The molecule has 7 heteroatoms. The van der Waals surface area contributed by atoms with Crippen LogP contribution >= 0.6 is 0 Å². The summed E-state index contributed by atoms with van der Waals surface area (Å²) in [5.74, 6) is 1.29. The predicted molar refractivity (Wildman–Crippen MR) is 114 cm³/mol. The van der Waals surface area contributed by atoms with Crippen LogP contribution in [0.25, 0.3) is 21.9 Å². The number of amides is 1. The molecule has 2 aromatic carbocycles. The third-order valence-corrected chi connectivity index (χ3v) is 4.85. The van der Waals surface area contributed by atoms with Crippen LogP contribution < -0.4 is 20.4 Å². The Hall–Kier alpha value is -3.87. The summed E-state index contributed by atoms with van der Waals surface area (Å²) in [5, 5.41) is 3.94. The molecule has 0 aliphatic carbocycles. The van der Waals surface area contributed by atoms with Crippen LogP contribution in [0.4, 0.5) is 5.82 Å². The molecular formula is C23H20N2O5. The molecule has 0 aliphatic heterocycles. The van der Waals surface area contributed by atoms with Crippen molar-refractivity contribution in [1.29, 1.82) is 0 Å². The Bertz CT molecular complexity index is 1330. The lowest BCUT2D eigenvalue weighted by Crippen LogP contribution is -2.16. The number of rotatable bonds is 5. The van der Waals surface area contributed by atoms with E-state index in [0.29, 0.717) is 44.8 Å². The van der Waals surface area contributed by atoms with E-state index in [1.54, 1.807) is 57.5 Å². The summed E-state index contributed by atoms with van der Waals surface area (Å²) in [6, 6.07) is 14.2. The van der Waals surface area contributed by atoms with Crippen LogP contribution in [0.3, 0.4) is 0 Å². The van der Waals surface area contributed by atoms with E-state index in [-0.39, 0.29) is 12.3 Å². The molecule has 30 heavy (non-hydrogen) atoms. The van der Waals surface area contributed by atoms with E-state index in [0.717, 1.165) is 5.56 Å². The van der Waals surface area contributed by atoms with Gasteiger partial charge in [0.15, 0.2) is 11.5 Å². The van der Waals surface area contributed by atoms with Gasteiger partial charge in [-0.25, -0.2) is 9.78 Å². The number of carbonyl (C=O) groups excluding carboxylic acids is 1.